The van der Waals surface area contributed by atoms with Crippen molar-refractivity contribution in [2.24, 2.45) is 5.73 Å². The van der Waals surface area contributed by atoms with Gasteiger partial charge in [0.15, 0.2) is 5.51 Å². The fraction of sp³-hybridized carbons (Fsp3) is 0.235. The number of thiazole rings is 1. The van der Waals surface area contributed by atoms with Crippen LogP contribution in [0.5, 0.6) is 5.75 Å². The van der Waals surface area contributed by atoms with Crippen LogP contribution < -0.4 is 10.5 Å². The van der Waals surface area contributed by atoms with Gasteiger partial charge in [0.25, 0.3) is 0 Å². The largest absolute Gasteiger partial charge is 0.494 e. The second-order valence-electron chi connectivity index (χ2n) is 4.83. The predicted octanol–water partition coefficient (Wildman–Crippen LogP) is 3.88. The molecule has 2 aromatic carbocycles. The highest BCUT2D eigenvalue weighted by molar-refractivity contribution is 7.16. The Balaban J connectivity index is 1.84. The molecule has 4 heteroatoms. The zero-order valence-electron chi connectivity index (χ0n) is 11.7. The lowest BCUT2D eigenvalue weighted by molar-refractivity contribution is 0.308. The van der Waals surface area contributed by atoms with Gasteiger partial charge in [-0.1, -0.05) is 24.3 Å². The first-order valence-electron chi connectivity index (χ1n) is 7.07. The molecule has 3 aromatic rings. The number of nitrogens with zero attached hydrogens (tertiary/aromatic N) is 1. The quantitative estimate of drug-likeness (QED) is 0.702. The van der Waals surface area contributed by atoms with E-state index >= 15 is 0 Å². The van der Waals surface area contributed by atoms with E-state index in [-0.39, 0.29) is 0 Å². The minimum Gasteiger partial charge on any atom is -0.494 e. The van der Waals surface area contributed by atoms with E-state index in [4.69, 9.17) is 10.5 Å². The van der Waals surface area contributed by atoms with Crippen molar-refractivity contribution < 1.29 is 4.74 Å². The van der Waals surface area contributed by atoms with Crippen molar-refractivity contribution in [2.75, 3.05) is 13.2 Å². The van der Waals surface area contributed by atoms with Crippen LogP contribution in [0.2, 0.25) is 0 Å². The molecule has 21 heavy (non-hydrogen) atoms. The number of unbranched alkanes of at least 4 members (excludes halogenated alkanes) is 1. The zero-order chi connectivity index (χ0) is 14.5. The Morgan fingerprint density at radius 3 is 2.95 bits per heavy atom. The smallest absolute Gasteiger partial charge is 0.153 e. The Kier molecular flexibility index (Phi) is 4.48. The maximum atomic E-state index is 5.78. The predicted molar refractivity (Wildman–Crippen MR) is 87.7 cm³/mol. The van der Waals surface area contributed by atoms with Gasteiger partial charge >= 0.3 is 0 Å². The van der Waals surface area contributed by atoms with Crippen LogP contribution in [0.3, 0.4) is 0 Å². The van der Waals surface area contributed by atoms with Gasteiger partial charge in [-0.05, 0) is 43.1 Å². The van der Waals surface area contributed by atoms with Crippen LogP contribution in [-0.2, 0) is 0 Å². The van der Waals surface area contributed by atoms with Crippen LogP contribution in [0.15, 0.2) is 42.5 Å². The number of hydrogen-bond donors (Lipinski definition) is 1. The number of ether oxygens (including phenoxy) is 1. The SMILES string of the molecule is NCCCCOc1cccc(-c2cccc3s[c]nc23)c1. The molecular formula is C17H17N2OS. The molecule has 107 valence electrons. The van der Waals surface area contributed by atoms with E-state index in [1.165, 1.54) is 0 Å². The van der Waals surface area contributed by atoms with Crippen molar-refractivity contribution >= 4 is 21.6 Å². The Morgan fingerprint density at radius 1 is 1.14 bits per heavy atom. The number of benzene rings is 2. The van der Waals surface area contributed by atoms with Gasteiger partial charge in [-0.15, -0.1) is 11.3 Å². The molecule has 1 heterocycles. The average Bonchev–Trinajstić information content (AvgIpc) is 3.00. The van der Waals surface area contributed by atoms with Crippen LogP contribution in [0, 0.1) is 5.51 Å². The van der Waals surface area contributed by atoms with Gasteiger partial charge in [-0.25, -0.2) is 4.98 Å². The highest BCUT2D eigenvalue weighted by Crippen LogP contribution is 2.31. The monoisotopic (exact) mass is 297 g/mol. The number of hydrogen-bond acceptors (Lipinski definition) is 4. The minimum atomic E-state index is 0.704. The highest BCUT2D eigenvalue weighted by atomic mass is 32.1. The second-order valence-corrected chi connectivity index (χ2v) is 5.66. The Morgan fingerprint density at radius 2 is 2.05 bits per heavy atom. The Bertz CT molecular complexity index is 723. The standard InChI is InChI=1S/C17H17N2OS/c18-9-1-2-10-20-14-6-3-5-13(11-14)15-7-4-8-16-17(15)19-12-21-16/h3-8,11H,1-2,9-10,18H2. The van der Waals surface area contributed by atoms with Gasteiger partial charge in [0.05, 0.1) is 16.8 Å². The second kappa shape index (κ2) is 6.70. The average molecular weight is 297 g/mol. The molecule has 0 fully saturated rings. The lowest BCUT2D eigenvalue weighted by Gasteiger charge is -2.08. The fourth-order valence-corrected chi connectivity index (χ4v) is 2.89. The normalized spacial score (nSPS) is 10.9. The third kappa shape index (κ3) is 3.23. The van der Waals surface area contributed by atoms with Crippen LogP contribution in [0.1, 0.15) is 12.8 Å². The number of para-hydroxylation sites is 1. The van der Waals surface area contributed by atoms with E-state index in [1.807, 2.05) is 12.1 Å². The van der Waals surface area contributed by atoms with E-state index in [1.54, 1.807) is 11.3 Å². The molecule has 0 aliphatic heterocycles. The minimum absolute atomic E-state index is 0.704. The van der Waals surface area contributed by atoms with E-state index < -0.39 is 0 Å². The van der Waals surface area contributed by atoms with Gasteiger partial charge in [0.1, 0.15) is 5.75 Å². The van der Waals surface area contributed by atoms with Crippen LogP contribution in [0.25, 0.3) is 21.3 Å². The summed E-state index contributed by atoms with van der Waals surface area (Å²) in [5, 5.41) is 0. The number of rotatable bonds is 6. The Labute approximate surface area is 128 Å². The van der Waals surface area contributed by atoms with Crippen molar-refractivity contribution in [2.45, 2.75) is 12.8 Å². The van der Waals surface area contributed by atoms with E-state index in [9.17, 15) is 0 Å². The summed E-state index contributed by atoms with van der Waals surface area (Å²) in [6.07, 6.45) is 1.98. The summed E-state index contributed by atoms with van der Waals surface area (Å²) in [7, 11) is 0. The molecule has 0 saturated carbocycles. The molecule has 3 nitrogen and oxygen atoms in total. The highest BCUT2D eigenvalue weighted by Gasteiger charge is 2.07. The maximum Gasteiger partial charge on any atom is 0.153 e. The third-order valence-corrected chi connectivity index (χ3v) is 4.06. The molecule has 0 unspecified atom stereocenters. The molecular weight excluding hydrogens is 280 g/mol. The first-order chi connectivity index (χ1) is 10.4. The third-order valence-electron chi connectivity index (χ3n) is 3.32. The van der Waals surface area contributed by atoms with Crippen molar-refractivity contribution in [3.63, 3.8) is 0 Å². The van der Waals surface area contributed by atoms with Crippen LogP contribution in [-0.4, -0.2) is 18.1 Å². The summed E-state index contributed by atoms with van der Waals surface area (Å²) in [6.45, 7) is 1.42. The number of aromatic nitrogens is 1. The molecule has 2 N–H and O–H groups in total. The summed E-state index contributed by atoms with van der Waals surface area (Å²) < 4.78 is 6.94. The molecule has 0 saturated heterocycles. The van der Waals surface area contributed by atoms with E-state index in [0.717, 1.165) is 39.9 Å². The molecule has 1 radical (unpaired) electrons. The molecule has 1 aromatic heterocycles. The van der Waals surface area contributed by atoms with E-state index in [0.29, 0.717) is 13.2 Å². The molecule has 0 aliphatic rings. The summed E-state index contributed by atoms with van der Waals surface area (Å²) in [6, 6.07) is 14.4. The van der Waals surface area contributed by atoms with Crippen LogP contribution >= 0.6 is 11.3 Å². The Hall–Kier alpha value is -1.91. The molecule has 0 amide bonds. The fourth-order valence-electron chi connectivity index (χ4n) is 2.26. The van der Waals surface area contributed by atoms with Gasteiger partial charge in [-0.2, -0.15) is 0 Å². The summed E-state index contributed by atoms with van der Waals surface area (Å²) in [5.41, 5.74) is 11.7. The number of nitrogens with two attached hydrogens (primary N) is 1. The van der Waals surface area contributed by atoms with Gasteiger partial charge in [-0.3, -0.25) is 0 Å². The van der Waals surface area contributed by atoms with Crippen molar-refractivity contribution in [3.8, 4) is 16.9 Å². The van der Waals surface area contributed by atoms with Crippen molar-refractivity contribution in [3.05, 3.63) is 48.0 Å². The molecule has 0 atom stereocenters. The van der Waals surface area contributed by atoms with E-state index in [2.05, 4.69) is 40.8 Å². The van der Waals surface area contributed by atoms with Gasteiger partial charge in [0, 0.05) is 5.56 Å². The summed E-state index contributed by atoms with van der Waals surface area (Å²) in [4.78, 5) is 4.35. The summed E-state index contributed by atoms with van der Waals surface area (Å²) >= 11 is 1.54. The van der Waals surface area contributed by atoms with Gasteiger partial charge in [0.2, 0.25) is 0 Å². The van der Waals surface area contributed by atoms with Crippen LogP contribution in [0.4, 0.5) is 0 Å². The topological polar surface area (TPSA) is 48.1 Å². The first-order valence-corrected chi connectivity index (χ1v) is 7.89. The molecule has 0 aliphatic carbocycles. The molecule has 0 spiro atoms. The molecule has 3 rings (SSSR count). The lowest BCUT2D eigenvalue weighted by atomic mass is 10.0. The first kappa shape index (κ1) is 14.0. The lowest BCUT2D eigenvalue weighted by Crippen LogP contribution is -2.03. The maximum absolute atomic E-state index is 5.78. The molecule has 0 bridgehead atoms. The summed E-state index contributed by atoms with van der Waals surface area (Å²) in [5.74, 6) is 0.890. The van der Waals surface area contributed by atoms with Crippen molar-refractivity contribution in [1.82, 2.24) is 4.98 Å². The zero-order valence-corrected chi connectivity index (χ0v) is 12.5. The number of fused-ring (bicyclic) bond motifs is 1. The van der Waals surface area contributed by atoms with Gasteiger partial charge < -0.3 is 10.5 Å². The van der Waals surface area contributed by atoms with Crippen molar-refractivity contribution in [1.29, 1.82) is 0 Å².